The van der Waals surface area contributed by atoms with Crippen molar-refractivity contribution in [2.45, 2.75) is 39.2 Å². The second kappa shape index (κ2) is 7.55. The summed E-state index contributed by atoms with van der Waals surface area (Å²) in [5.74, 6) is 1.18. The minimum atomic E-state index is 0.436. The summed E-state index contributed by atoms with van der Waals surface area (Å²) >= 11 is 0. The molecule has 102 valence electrons. The molecule has 2 heteroatoms. The predicted octanol–water partition coefficient (Wildman–Crippen LogP) is 3.10. The summed E-state index contributed by atoms with van der Waals surface area (Å²) in [5.41, 5.74) is 7.28. The highest BCUT2D eigenvalue weighted by Gasteiger charge is 2.16. The molecule has 0 spiro atoms. The van der Waals surface area contributed by atoms with E-state index in [1.807, 2.05) is 0 Å². The van der Waals surface area contributed by atoms with Gasteiger partial charge in [-0.25, -0.2) is 0 Å². The third-order valence-electron chi connectivity index (χ3n) is 3.63. The number of hydrogen-bond donors (Lipinski definition) is 1. The normalized spacial score (nSPS) is 15.1. The van der Waals surface area contributed by atoms with Gasteiger partial charge in [0.25, 0.3) is 0 Å². The van der Waals surface area contributed by atoms with Crippen molar-refractivity contribution in [3.8, 4) is 0 Å². The first-order valence-corrected chi connectivity index (χ1v) is 6.99. The third kappa shape index (κ3) is 4.79. The fraction of sp³-hybridized carbons (Fsp3) is 0.625. The van der Waals surface area contributed by atoms with E-state index in [1.54, 1.807) is 0 Å². The number of rotatable bonds is 7. The van der Waals surface area contributed by atoms with Crippen LogP contribution in [0.3, 0.4) is 0 Å². The minimum absolute atomic E-state index is 0.436. The second-order valence-corrected chi connectivity index (χ2v) is 5.76. The van der Waals surface area contributed by atoms with E-state index in [4.69, 9.17) is 5.73 Å². The van der Waals surface area contributed by atoms with E-state index in [2.05, 4.69) is 63.1 Å². The molecule has 0 fully saturated rings. The summed E-state index contributed by atoms with van der Waals surface area (Å²) in [6.07, 6.45) is 1.24. The van der Waals surface area contributed by atoms with Crippen molar-refractivity contribution in [3.05, 3.63) is 35.9 Å². The van der Waals surface area contributed by atoms with E-state index in [9.17, 15) is 0 Å². The van der Waals surface area contributed by atoms with E-state index >= 15 is 0 Å². The minimum Gasteiger partial charge on any atom is -0.330 e. The lowest BCUT2D eigenvalue weighted by Gasteiger charge is -2.29. The van der Waals surface area contributed by atoms with Gasteiger partial charge in [-0.05, 0) is 31.9 Å². The molecule has 0 bridgehead atoms. The molecule has 0 saturated carbocycles. The Bertz CT molecular complexity index is 321. The Morgan fingerprint density at radius 1 is 1.11 bits per heavy atom. The molecule has 0 heterocycles. The van der Waals surface area contributed by atoms with Crippen molar-refractivity contribution in [1.29, 1.82) is 0 Å². The lowest BCUT2D eigenvalue weighted by molar-refractivity contribution is 0.216. The van der Waals surface area contributed by atoms with Crippen molar-refractivity contribution < 1.29 is 0 Å². The van der Waals surface area contributed by atoms with E-state index in [0.29, 0.717) is 18.5 Å². The maximum absolute atomic E-state index is 5.93. The standard InChI is InChI=1S/C16H28N2/c1-13(2)10-14(3)18(4)12-16(11-17)15-8-6-5-7-9-15/h5-9,13-14,16H,10-12,17H2,1-4H3. The van der Waals surface area contributed by atoms with Crippen LogP contribution in [0.5, 0.6) is 0 Å². The lowest BCUT2D eigenvalue weighted by atomic mass is 9.97. The average Bonchev–Trinajstić information content (AvgIpc) is 2.35. The molecule has 0 amide bonds. The largest absolute Gasteiger partial charge is 0.330 e. The molecule has 18 heavy (non-hydrogen) atoms. The highest BCUT2D eigenvalue weighted by atomic mass is 15.1. The molecular weight excluding hydrogens is 220 g/mol. The van der Waals surface area contributed by atoms with Gasteiger partial charge in [0.15, 0.2) is 0 Å². The molecule has 2 nitrogen and oxygen atoms in total. The molecule has 0 aromatic heterocycles. The number of likely N-dealkylation sites (N-methyl/N-ethyl adjacent to an activating group) is 1. The average molecular weight is 248 g/mol. The maximum atomic E-state index is 5.93. The Morgan fingerprint density at radius 3 is 2.22 bits per heavy atom. The van der Waals surface area contributed by atoms with Crippen LogP contribution in [0.2, 0.25) is 0 Å². The van der Waals surface area contributed by atoms with Crippen molar-refractivity contribution in [3.63, 3.8) is 0 Å². The van der Waals surface area contributed by atoms with Gasteiger partial charge < -0.3 is 10.6 Å². The van der Waals surface area contributed by atoms with Crippen molar-refractivity contribution in [1.82, 2.24) is 4.90 Å². The van der Waals surface area contributed by atoms with Gasteiger partial charge in [0.2, 0.25) is 0 Å². The van der Waals surface area contributed by atoms with E-state index in [0.717, 1.165) is 12.5 Å². The summed E-state index contributed by atoms with van der Waals surface area (Å²) in [5, 5.41) is 0. The number of nitrogens with zero attached hydrogens (tertiary/aromatic N) is 1. The highest BCUT2D eigenvalue weighted by molar-refractivity contribution is 5.20. The summed E-state index contributed by atoms with van der Waals surface area (Å²) in [4.78, 5) is 2.44. The van der Waals surface area contributed by atoms with Crippen molar-refractivity contribution in [2.24, 2.45) is 11.7 Å². The molecule has 2 unspecified atom stereocenters. The van der Waals surface area contributed by atoms with Crippen molar-refractivity contribution >= 4 is 0 Å². The molecule has 0 saturated heterocycles. The zero-order valence-electron chi connectivity index (χ0n) is 12.3. The number of nitrogens with two attached hydrogens (primary N) is 1. The Labute approximate surface area is 112 Å². The first-order valence-electron chi connectivity index (χ1n) is 6.99. The third-order valence-corrected chi connectivity index (χ3v) is 3.63. The van der Waals surface area contributed by atoms with E-state index in [1.165, 1.54) is 12.0 Å². The lowest BCUT2D eigenvalue weighted by Crippen LogP contribution is -2.35. The van der Waals surface area contributed by atoms with E-state index < -0.39 is 0 Å². The fourth-order valence-corrected chi connectivity index (χ4v) is 2.43. The van der Waals surface area contributed by atoms with Gasteiger partial charge in [-0.2, -0.15) is 0 Å². The van der Waals surface area contributed by atoms with Crippen LogP contribution in [0.15, 0.2) is 30.3 Å². The molecule has 0 radical (unpaired) electrons. The van der Waals surface area contributed by atoms with Gasteiger partial charge in [0.05, 0.1) is 0 Å². The Kier molecular flexibility index (Phi) is 6.37. The molecule has 1 aromatic rings. The smallest absolute Gasteiger partial charge is 0.00888 e. The van der Waals surface area contributed by atoms with E-state index in [-0.39, 0.29) is 0 Å². The molecule has 0 aliphatic carbocycles. The molecule has 0 aliphatic rings. The number of hydrogen-bond acceptors (Lipinski definition) is 2. The van der Waals surface area contributed by atoms with Gasteiger partial charge in [0.1, 0.15) is 0 Å². The van der Waals surface area contributed by atoms with Gasteiger partial charge in [-0.1, -0.05) is 44.2 Å². The van der Waals surface area contributed by atoms with Crippen LogP contribution in [-0.2, 0) is 0 Å². The second-order valence-electron chi connectivity index (χ2n) is 5.76. The number of benzene rings is 1. The van der Waals surface area contributed by atoms with Crippen LogP contribution in [-0.4, -0.2) is 31.1 Å². The van der Waals surface area contributed by atoms with Gasteiger partial charge in [0, 0.05) is 25.0 Å². The van der Waals surface area contributed by atoms with Crippen molar-refractivity contribution in [2.75, 3.05) is 20.1 Å². The fourth-order valence-electron chi connectivity index (χ4n) is 2.43. The maximum Gasteiger partial charge on any atom is 0.00888 e. The Balaban J connectivity index is 2.58. The van der Waals surface area contributed by atoms with Gasteiger partial charge in [-0.15, -0.1) is 0 Å². The molecule has 1 aromatic carbocycles. The Morgan fingerprint density at radius 2 is 1.72 bits per heavy atom. The van der Waals surface area contributed by atoms with Crippen LogP contribution in [0.1, 0.15) is 38.7 Å². The van der Waals surface area contributed by atoms with Gasteiger partial charge in [-0.3, -0.25) is 0 Å². The molecule has 1 rings (SSSR count). The zero-order valence-corrected chi connectivity index (χ0v) is 12.3. The zero-order chi connectivity index (χ0) is 13.5. The van der Waals surface area contributed by atoms with Gasteiger partial charge >= 0.3 is 0 Å². The monoisotopic (exact) mass is 248 g/mol. The molecule has 2 atom stereocenters. The molecular formula is C16H28N2. The quantitative estimate of drug-likeness (QED) is 0.803. The summed E-state index contributed by atoms with van der Waals surface area (Å²) in [6, 6.07) is 11.2. The topological polar surface area (TPSA) is 29.3 Å². The predicted molar refractivity (Wildman–Crippen MR) is 79.8 cm³/mol. The van der Waals surface area contributed by atoms with Crippen LogP contribution in [0.4, 0.5) is 0 Å². The molecule has 0 aliphatic heterocycles. The molecule has 2 N–H and O–H groups in total. The van der Waals surface area contributed by atoms with Crippen LogP contribution in [0.25, 0.3) is 0 Å². The Hall–Kier alpha value is -0.860. The first-order chi connectivity index (χ1) is 8.54. The SMILES string of the molecule is CC(C)CC(C)N(C)CC(CN)c1ccccc1. The van der Waals surface area contributed by atoms with Crippen LogP contribution < -0.4 is 5.73 Å². The first kappa shape index (κ1) is 15.2. The highest BCUT2D eigenvalue weighted by Crippen LogP contribution is 2.18. The summed E-state index contributed by atoms with van der Waals surface area (Å²) in [7, 11) is 2.21. The van der Waals surface area contributed by atoms with Crippen LogP contribution >= 0.6 is 0 Å². The summed E-state index contributed by atoms with van der Waals surface area (Å²) < 4.78 is 0. The van der Waals surface area contributed by atoms with Crippen LogP contribution in [0, 0.1) is 5.92 Å². The summed E-state index contributed by atoms with van der Waals surface area (Å²) in [6.45, 7) is 8.61.